The Morgan fingerprint density at radius 3 is 2.85 bits per heavy atom. The van der Waals surface area contributed by atoms with Crippen molar-refractivity contribution in [2.75, 3.05) is 64.9 Å². The van der Waals surface area contributed by atoms with E-state index in [1.54, 1.807) is 7.11 Å². The summed E-state index contributed by atoms with van der Waals surface area (Å²) in [6.07, 6.45) is 5.88. The van der Waals surface area contributed by atoms with Crippen molar-refractivity contribution in [1.82, 2.24) is 20.2 Å². The number of nitrogens with zero attached hydrogens (tertiary/aromatic N) is 4. The van der Waals surface area contributed by atoms with Crippen molar-refractivity contribution in [1.29, 1.82) is 0 Å². The SMILES string of the molecule is COCCN1CCC(CN(C)c2nc(C3CC3)nc3c2CCNCC3)C1. The van der Waals surface area contributed by atoms with Crippen LogP contribution in [0.4, 0.5) is 5.82 Å². The second-order valence-corrected chi connectivity index (χ2v) is 8.18. The lowest BCUT2D eigenvalue weighted by atomic mass is 10.1. The Hall–Kier alpha value is -1.24. The van der Waals surface area contributed by atoms with Gasteiger partial charge in [-0.25, -0.2) is 9.97 Å². The Balaban J connectivity index is 1.48. The highest BCUT2D eigenvalue weighted by Crippen LogP contribution is 2.39. The number of methoxy groups -OCH3 is 1. The van der Waals surface area contributed by atoms with Crippen molar-refractivity contribution < 1.29 is 4.74 Å². The Kier molecular flexibility index (Phi) is 5.72. The lowest BCUT2D eigenvalue weighted by molar-refractivity contribution is 0.159. The van der Waals surface area contributed by atoms with Gasteiger partial charge in [0.2, 0.25) is 0 Å². The zero-order chi connectivity index (χ0) is 17.9. The van der Waals surface area contributed by atoms with Crippen LogP contribution in [0.5, 0.6) is 0 Å². The van der Waals surface area contributed by atoms with E-state index in [-0.39, 0.29) is 0 Å². The zero-order valence-electron chi connectivity index (χ0n) is 16.3. The zero-order valence-corrected chi connectivity index (χ0v) is 16.3. The lowest BCUT2D eigenvalue weighted by Gasteiger charge is -2.26. The van der Waals surface area contributed by atoms with Gasteiger partial charge in [0.1, 0.15) is 11.6 Å². The van der Waals surface area contributed by atoms with E-state index in [4.69, 9.17) is 14.7 Å². The normalized spacial score (nSPS) is 23.7. The summed E-state index contributed by atoms with van der Waals surface area (Å²) < 4.78 is 5.23. The molecule has 1 N–H and O–H groups in total. The molecule has 0 aromatic carbocycles. The molecular formula is C20H33N5O. The van der Waals surface area contributed by atoms with Gasteiger partial charge in [0.15, 0.2) is 0 Å². The number of rotatable bonds is 7. The number of ether oxygens (including phenoxy) is 1. The van der Waals surface area contributed by atoms with Gasteiger partial charge in [0, 0.05) is 58.2 Å². The number of hydrogen-bond donors (Lipinski definition) is 1. The predicted octanol–water partition coefficient (Wildman–Crippen LogP) is 1.45. The second kappa shape index (κ2) is 8.19. The molecule has 1 aliphatic carbocycles. The van der Waals surface area contributed by atoms with Crippen LogP contribution in [0.2, 0.25) is 0 Å². The maximum absolute atomic E-state index is 5.23. The van der Waals surface area contributed by atoms with Gasteiger partial charge in [-0.2, -0.15) is 0 Å². The average molecular weight is 360 g/mol. The Morgan fingerprint density at radius 2 is 2.04 bits per heavy atom. The molecule has 0 amide bonds. The number of aromatic nitrogens is 2. The van der Waals surface area contributed by atoms with Crippen LogP contribution in [-0.4, -0.2) is 74.9 Å². The van der Waals surface area contributed by atoms with Gasteiger partial charge in [0.05, 0.1) is 12.3 Å². The van der Waals surface area contributed by atoms with Crippen LogP contribution in [-0.2, 0) is 17.6 Å². The maximum Gasteiger partial charge on any atom is 0.135 e. The van der Waals surface area contributed by atoms with E-state index >= 15 is 0 Å². The largest absolute Gasteiger partial charge is 0.383 e. The fraction of sp³-hybridized carbons (Fsp3) is 0.800. The molecule has 1 saturated carbocycles. The first-order valence-corrected chi connectivity index (χ1v) is 10.3. The van der Waals surface area contributed by atoms with Gasteiger partial charge in [-0.05, 0) is 44.7 Å². The first-order valence-electron chi connectivity index (χ1n) is 10.3. The molecule has 6 nitrogen and oxygen atoms in total. The molecule has 0 spiro atoms. The molecule has 3 aliphatic rings. The molecule has 0 radical (unpaired) electrons. The summed E-state index contributed by atoms with van der Waals surface area (Å²) in [6.45, 7) is 7.42. The van der Waals surface area contributed by atoms with Gasteiger partial charge < -0.3 is 19.9 Å². The van der Waals surface area contributed by atoms with E-state index in [2.05, 4.69) is 22.2 Å². The smallest absolute Gasteiger partial charge is 0.135 e. The van der Waals surface area contributed by atoms with Gasteiger partial charge in [-0.15, -0.1) is 0 Å². The fourth-order valence-electron chi connectivity index (χ4n) is 4.34. The fourth-order valence-corrected chi connectivity index (χ4v) is 4.34. The van der Waals surface area contributed by atoms with Crippen molar-refractivity contribution in [2.24, 2.45) is 5.92 Å². The van der Waals surface area contributed by atoms with E-state index in [9.17, 15) is 0 Å². The van der Waals surface area contributed by atoms with E-state index in [1.165, 1.54) is 49.4 Å². The highest BCUT2D eigenvalue weighted by atomic mass is 16.5. The number of anilines is 1. The molecule has 6 heteroatoms. The molecule has 4 rings (SSSR count). The highest BCUT2D eigenvalue weighted by Gasteiger charge is 2.30. The first kappa shape index (κ1) is 18.1. The van der Waals surface area contributed by atoms with Crippen LogP contribution in [0.3, 0.4) is 0 Å². The molecule has 0 bridgehead atoms. The van der Waals surface area contributed by atoms with E-state index in [0.717, 1.165) is 57.4 Å². The molecule has 3 heterocycles. The molecule has 2 fully saturated rings. The minimum absolute atomic E-state index is 0.611. The monoisotopic (exact) mass is 359 g/mol. The summed E-state index contributed by atoms with van der Waals surface area (Å²) in [5.74, 6) is 3.63. The quantitative estimate of drug-likeness (QED) is 0.795. The Labute approximate surface area is 157 Å². The standard InChI is InChI=1S/C20H33N5O/c1-24(13-15-7-10-25(14-15)11-12-26-2)20-17-5-8-21-9-6-18(17)22-19(23-20)16-3-4-16/h15-16,21H,3-14H2,1-2H3. The van der Waals surface area contributed by atoms with Gasteiger partial charge in [0.25, 0.3) is 0 Å². The average Bonchev–Trinajstić information content (AvgIpc) is 3.43. The Bertz CT molecular complexity index is 618. The van der Waals surface area contributed by atoms with E-state index in [1.807, 2.05) is 0 Å². The van der Waals surface area contributed by atoms with Gasteiger partial charge in [-0.1, -0.05) is 0 Å². The summed E-state index contributed by atoms with van der Waals surface area (Å²) >= 11 is 0. The van der Waals surface area contributed by atoms with Crippen molar-refractivity contribution in [3.05, 3.63) is 17.1 Å². The van der Waals surface area contributed by atoms with Crippen molar-refractivity contribution in [3.8, 4) is 0 Å². The third kappa shape index (κ3) is 4.18. The molecule has 26 heavy (non-hydrogen) atoms. The third-order valence-electron chi connectivity index (χ3n) is 6.00. The summed E-state index contributed by atoms with van der Waals surface area (Å²) in [6, 6.07) is 0. The molecular weight excluding hydrogens is 326 g/mol. The summed E-state index contributed by atoms with van der Waals surface area (Å²) in [4.78, 5) is 15.0. The molecule has 1 atom stereocenters. The van der Waals surface area contributed by atoms with Crippen LogP contribution in [0.25, 0.3) is 0 Å². The van der Waals surface area contributed by atoms with Crippen molar-refractivity contribution in [3.63, 3.8) is 0 Å². The van der Waals surface area contributed by atoms with E-state index in [0.29, 0.717) is 5.92 Å². The molecule has 144 valence electrons. The first-order chi connectivity index (χ1) is 12.7. The van der Waals surface area contributed by atoms with Crippen molar-refractivity contribution in [2.45, 2.75) is 38.0 Å². The van der Waals surface area contributed by atoms with Crippen LogP contribution in [0, 0.1) is 5.92 Å². The van der Waals surface area contributed by atoms with Gasteiger partial charge >= 0.3 is 0 Å². The molecule has 1 unspecified atom stereocenters. The molecule has 1 aromatic heterocycles. The number of fused-ring (bicyclic) bond motifs is 1. The molecule has 1 saturated heterocycles. The predicted molar refractivity (Wildman–Crippen MR) is 104 cm³/mol. The minimum Gasteiger partial charge on any atom is -0.383 e. The van der Waals surface area contributed by atoms with Crippen molar-refractivity contribution >= 4 is 5.82 Å². The maximum atomic E-state index is 5.23. The minimum atomic E-state index is 0.611. The van der Waals surface area contributed by atoms with Crippen LogP contribution in [0.1, 0.15) is 42.3 Å². The summed E-state index contributed by atoms with van der Waals surface area (Å²) in [5.41, 5.74) is 2.68. The lowest BCUT2D eigenvalue weighted by Crippen LogP contribution is -2.31. The Morgan fingerprint density at radius 1 is 1.19 bits per heavy atom. The summed E-state index contributed by atoms with van der Waals surface area (Å²) in [7, 11) is 4.02. The number of hydrogen-bond acceptors (Lipinski definition) is 6. The number of nitrogens with one attached hydrogen (secondary N) is 1. The molecule has 1 aromatic rings. The third-order valence-corrected chi connectivity index (χ3v) is 6.00. The summed E-state index contributed by atoms with van der Waals surface area (Å²) in [5, 5.41) is 3.52. The van der Waals surface area contributed by atoms with Crippen LogP contribution in [0.15, 0.2) is 0 Å². The second-order valence-electron chi connectivity index (χ2n) is 8.18. The molecule has 2 aliphatic heterocycles. The number of likely N-dealkylation sites (tertiary alicyclic amines) is 1. The van der Waals surface area contributed by atoms with Gasteiger partial charge in [-0.3, -0.25) is 0 Å². The highest BCUT2D eigenvalue weighted by molar-refractivity contribution is 5.50. The topological polar surface area (TPSA) is 53.5 Å². The van der Waals surface area contributed by atoms with Crippen LogP contribution >= 0.6 is 0 Å². The van der Waals surface area contributed by atoms with Crippen LogP contribution < -0.4 is 10.2 Å². The van der Waals surface area contributed by atoms with E-state index < -0.39 is 0 Å².